The Balaban J connectivity index is 1.53. The van der Waals surface area contributed by atoms with E-state index in [0.717, 1.165) is 38.5 Å². The van der Waals surface area contributed by atoms with Crippen LogP contribution in [0.3, 0.4) is 0 Å². The number of carbonyl (C=O) groups is 2. The van der Waals surface area contributed by atoms with Crippen LogP contribution in [0.4, 0.5) is 0 Å². The first kappa shape index (κ1) is 16.0. The molecular formula is C17H20N2O3S. The largest absolute Gasteiger partial charge is 0.451 e. The maximum atomic E-state index is 12.1. The molecule has 0 aromatic carbocycles. The summed E-state index contributed by atoms with van der Waals surface area (Å²) in [6.45, 7) is 1.38. The quantitative estimate of drug-likeness (QED) is 0.841. The van der Waals surface area contributed by atoms with Crippen LogP contribution in [0, 0.1) is 17.2 Å². The second-order valence-corrected chi connectivity index (χ2v) is 7.62. The zero-order valence-electron chi connectivity index (χ0n) is 13.2. The van der Waals surface area contributed by atoms with Crippen molar-refractivity contribution in [2.45, 2.75) is 51.0 Å². The van der Waals surface area contributed by atoms with E-state index in [9.17, 15) is 14.9 Å². The molecule has 0 unspecified atom stereocenters. The third-order valence-electron chi connectivity index (χ3n) is 4.56. The van der Waals surface area contributed by atoms with Gasteiger partial charge >= 0.3 is 5.97 Å². The SMILES string of the molecule is C[C@@](C#N)(NC(=O)COC(=O)c1cc2c(s1)CCCC2)C1CC1. The summed E-state index contributed by atoms with van der Waals surface area (Å²) in [5.74, 6) is -0.670. The van der Waals surface area contributed by atoms with E-state index >= 15 is 0 Å². The van der Waals surface area contributed by atoms with Crippen molar-refractivity contribution < 1.29 is 14.3 Å². The molecular weight excluding hydrogens is 312 g/mol. The molecule has 1 heterocycles. The van der Waals surface area contributed by atoms with Crippen molar-refractivity contribution in [3.63, 3.8) is 0 Å². The van der Waals surface area contributed by atoms with E-state index in [1.165, 1.54) is 21.8 Å². The Morgan fingerprint density at radius 2 is 2.17 bits per heavy atom. The number of ether oxygens (including phenoxy) is 1. The lowest BCUT2D eigenvalue weighted by molar-refractivity contribution is -0.125. The fraction of sp³-hybridized carbons (Fsp3) is 0.588. The van der Waals surface area contributed by atoms with Crippen LogP contribution in [-0.4, -0.2) is 24.0 Å². The van der Waals surface area contributed by atoms with Crippen molar-refractivity contribution in [3.05, 3.63) is 21.4 Å². The van der Waals surface area contributed by atoms with E-state index in [0.29, 0.717) is 4.88 Å². The number of fused-ring (bicyclic) bond motifs is 1. The number of hydrogen-bond acceptors (Lipinski definition) is 5. The summed E-state index contributed by atoms with van der Waals surface area (Å²) in [6, 6.07) is 4.05. The monoisotopic (exact) mass is 332 g/mol. The minimum atomic E-state index is -0.856. The number of nitrogens with zero attached hydrogens (tertiary/aromatic N) is 1. The smallest absolute Gasteiger partial charge is 0.348 e. The molecule has 1 atom stereocenters. The second-order valence-electron chi connectivity index (χ2n) is 6.48. The Morgan fingerprint density at radius 1 is 1.43 bits per heavy atom. The van der Waals surface area contributed by atoms with E-state index < -0.39 is 17.4 Å². The van der Waals surface area contributed by atoms with E-state index in [1.54, 1.807) is 6.92 Å². The Labute approximate surface area is 139 Å². The summed E-state index contributed by atoms with van der Waals surface area (Å²) < 4.78 is 5.11. The molecule has 1 aromatic heterocycles. The fourth-order valence-electron chi connectivity index (χ4n) is 3.00. The van der Waals surface area contributed by atoms with Crippen LogP contribution in [0.5, 0.6) is 0 Å². The number of nitrogens with one attached hydrogen (secondary N) is 1. The third-order valence-corrected chi connectivity index (χ3v) is 5.77. The molecule has 1 saturated carbocycles. The second kappa shape index (κ2) is 6.32. The van der Waals surface area contributed by atoms with Gasteiger partial charge in [0.1, 0.15) is 10.4 Å². The third kappa shape index (κ3) is 3.56. The fourth-order valence-corrected chi connectivity index (χ4v) is 4.15. The van der Waals surface area contributed by atoms with Gasteiger partial charge in [-0.25, -0.2) is 4.79 Å². The average Bonchev–Trinajstić information content (AvgIpc) is 3.32. The van der Waals surface area contributed by atoms with Gasteiger partial charge in [-0.1, -0.05) is 0 Å². The van der Waals surface area contributed by atoms with Crippen LogP contribution in [0.15, 0.2) is 6.07 Å². The summed E-state index contributed by atoms with van der Waals surface area (Å²) in [4.78, 5) is 25.9. The number of aryl methyl sites for hydroxylation is 2. The number of thiophene rings is 1. The lowest BCUT2D eigenvalue weighted by Gasteiger charge is -2.22. The van der Waals surface area contributed by atoms with E-state index in [4.69, 9.17) is 4.74 Å². The summed E-state index contributed by atoms with van der Waals surface area (Å²) >= 11 is 1.47. The normalized spacial score (nSPS) is 19.1. The van der Waals surface area contributed by atoms with Gasteiger partial charge in [0.25, 0.3) is 5.91 Å². The van der Waals surface area contributed by atoms with Gasteiger partial charge < -0.3 is 10.1 Å². The van der Waals surface area contributed by atoms with Gasteiger partial charge in [-0.2, -0.15) is 5.26 Å². The van der Waals surface area contributed by atoms with Crippen LogP contribution >= 0.6 is 11.3 Å². The highest BCUT2D eigenvalue weighted by Crippen LogP contribution is 2.39. The molecule has 5 nitrogen and oxygen atoms in total. The minimum absolute atomic E-state index is 0.205. The molecule has 0 spiro atoms. The molecule has 122 valence electrons. The number of nitriles is 1. The van der Waals surface area contributed by atoms with Crippen molar-refractivity contribution in [2.75, 3.05) is 6.61 Å². The van der Waals surface area contributed by atoms with E-state index in [-0.39, 0.29) is 12.5 Å². The van der Waals surface area contributed by atoms with Crippen molar-refractivity contribution in [3.8, 4) is 6.07 Å². The van der Waals surface area contributed by atoms with Crippen molar-refractivity contribution >= 4 is 23.2 Å². The lowest BCUT2D eigenvalue weighted by Crippen LogP contribution is -2.48. The minimum Gasteiger partial charge on any atom is -0.451 e. The molecule has 23 heavy (non-hydrogen) atoms. The Bertz CT molecular complexity index is 648. The number of hydrogen-bond donors (Lipinski definition) is 1. The van der Waals surface area contributed by atoms with Crippen LogP contribution in [-0.2, 0) is 22.4 Å². The van der Waals surface area contributed by atoms with Crippen LogP contribution in [0.2, 0.25) is 0 Å². The highest BCUT2D eigenvalue weighted by atomic mass is 32.1. The molecule has 0 saturated heterocycles. The predicted octanol–water partition coefficient (Wildman–Crippen LogP) is 2.59. The van der Waals surface area contributed by atoms with Gasteiger partial charge in [0.05, 0.1) is 6.07 Å². The summed E-state index contributed by atoms with van der Waals surface area (Å²) in [5, 5.41) is 11.9. The number of amides is 1. The van der Waals surface area contributed by atoms with Crippen molar-refractivity contribution in [1.29, 1.82) is 5.26 Å². The number of esters is 1. The predicted molar refractivity (Wildman–Crippen MR) is 86.1 cm³/mol. The molecule has 0 bridgehead atoms. The highest BCUT2D eigenvalue weighted by Gasteiger charge is 2.43. The van der Waals surface area contributed by atoms with Gasteiger partial charge in [0.15, 0.2) is 6.61 Å². The molecule has 2 aliphatic rings. The van der Waals surface area contributed by atoms with Crippen LogP contribution in [0.25, 0.3) is 0 Å². The number of carbonyl (C=O) groups excluding carboxylic acids is 2. The molecule has 0 aliphatic heterocycles. The first-order chi connectivity index (χ1) is 11.0. The van der Waals surface area contributed by atoms with Gasteiger partial charge in [-0.3, -0.25) is 4.79 Å². The summed E-state index contributed by atoms with van der Waals surface area (Å²) in [5.41, 5.74) is 0.384. The zero-order valence-corrected chi connectivity index (χ0v) is 14.0. The maximum absolute atomic E-state index is 12.1. The first-order valence-corrected chi connectivity index (χ1v) is 8.84. The van der Waals surface area contributed by atoms with E-state index in [2.05, 4.69) is 11.4 Å². The molecule has 1 aromatic rings. The standard InChI is InChI=1S/C17H20N2O3S/c1-17(10-18,12-6-7-12)19-15(20)9-22-16(21)14-8-11-4-2-3-5-13(11)23-14/h8,12H,2-7,9H2,1H3,(H,19,20)/t17-/m0/s1. The first-order valence-electron chi connectivity index (χ1n) is 8.03. The molecule has 6 heteroatoms. The number of rotatable bonds is 5. The topological polar surface area (TPSA) is 79.2 Å². The van der Waals surface area contributed by atoms with Crippen LogP contribution in [0.1, 0.15) is 52.7 Å². The highest BCUT2D eigenvalue weighted by molar-refractivity contribution is 7.14. The van der Waals surface area contributed by atoms with Crippen molar-refractivity contribution in [1.82, 2.24) is 5.32 Å². The molecule has 1 N–H and O–H groups in total. The summed E-state index contributed by atoms with van der Waals surface area (Å²) in [7, 11) is 0. The lowest BCUT2D eigenvalue weighted by atomic mass is 9.98. The van der Waals surface area contributed by atoms with Crippen LogP contribution < -0.4 is 5.32 Å². The van der Waals surface area contributed by atoms with E-state index in [1.807, 2.05) is 6.07 Å². The Hall–Kier alpha value is -1.87. The molecule has 1 amide bonds. The zero-order chi connectivity index (χ0) is 16.4. The summed E-state index contributed by atoms with van der Waals surface area (Å²) in [6.07, 6.45) is 6.26. The average molecular weight is 332 g/mol. The van der Waals surface area contributed by atoms with Gasteiger partial charge in [0.2, 0.25) is 0 Å². The van der Waals surface area contributed by atoms with Gasteiger partial charge in [-0.05, 0) is 63.0 Å². The Morgan fingerprint density at radius 3 is 2.83 bits per heavy atom. The molecule has 0 radical (unpaired) electrons. The molecule has 2 aliphatic carbocycles. The van der Waals surface area contributed by atoms with Crippen molar-refractivity contribution in [2.24, 2.45) is 5.92 Å². The molecule has 1 fully saturated rings. The Kier molecular flexibility index (Phi) is 4.40. The maximum Gasteiger partial charge on any atom is 0.348 e. The van der Waals surface area contributed by atoms with Gasteiger partial charge in [-0.15, -0.1) is 11.3 Å². The van der Waals surface area contributed by atoms with Gasteiger partial charge in [0, 0.05) is 4.88 Å². The molecule has 3 rings (SSSR count).